The number of benzene rings is 1. The Morgan fingerprint density at radius 1 is 1.19 bits per heavy atom. The van der Waals surface area contributed by atoms with E-state index in [1.807, 2.05) is 60.5 Å². The van der Waals surface area contributed by atoms with E-state index in [0.29, 0.717) is 6.54 Å². The maximum Gasteiger partial charge on any atom is 0.307 e. The Labute approximate surface area is 125 Å². The van der Waals surface area contributed by atoms with Gasteiger partial charge in [-0.05, 0) is 24.7 Å². The van der Waals surface area contributed by atoms with Gasteiger partial charge >= 0.3 is 5.97 Å². The zero-order chi connectivity index (χ0) is 15.2. The lowest BCUT2D eigenvalue weighted by molar-refractivity contribution is -0.141. The van der Waals surface area contributed by atoms with Crippen LogP contribution in [0.1, 0.15) is 24.2 Å². The minimum atomic E-state index is -0.783. The van der Waals surface area contributed by atoms with Crippen LogP contribution in [0, 0.1) is 5.92 Å². The van der Waals surface area contributed by atoms with Crippen molar-refractivity contribution in [3.63, 3.8) is 0 Å². The lowest BCUT2D eigenvalue weighted by atomic mass is 10.0. The van der Waals surface area contributed by atoms with Crippen molar-refractivity contribution in [2.75, 3.05) is 13.6 Å². The molecule has 4 heteroatoms. The van der Waals surface area contributed by atoms with Crippen LogP contribution < -0.4 is 0 Å². The van der Waals surface area contributed by atoms with Gasteiger partial charge in [-0.15, -0.1) is 0 Å². The smallest absolute Gasteiger partial charge is 0.307 e. The molecule has 0 bridgehead atoms. The molecule has 110 valence electrons. The van der Waals surface area contributed by atoms with Gasteiger partial charge in [-0.3, -0.25) is 14.7 Å². The van der Waals surface area contributed by atoms with Gasteiger partial charge in [0.1, 0.15) is 0 Å². The molecule has 0 amide bonds. The van der Waals surface area contributed by atoms with Crippen LogP contribution in [-0.2, 0) is 4.79 Å². The van der Waals surface area contributed by atoms with Gasteiger partial charge in [-0.25, -0.2) is 0 Å². The Hall–Kier alpha value is -2.20. The average Bonchev–Trinajstić information content (AvgIpc) is 2.49. The van der Waals surface area contributed by atoms with Crippen molar-refractivity contribution in [1.29, 1.82) is 0 Å². The molecule has 0 saturated heterocycles. The van der Waals surface area contributed by atoms with Crippen LogP contribution >= 0.6 is 0 Å². The van der Waals surface area contributed by atoms with Crippen molar-refractivity contribution < 1.29 is 9.90 Å². The van der Waals surface area contributed by atoms with Gasteiger partial charge in [-0.1, -0.05) is 43.3 Å². The Kier molecular flexibility index (Phi) is 5.06. The zero-order valence-corrected chi connectivity index (χ0v) is 12.3. The third kappa shape index (κ3) is 3.89. The lowest BCUT2D eigenvalue weighted by Gasteiger charge is -2.29. The number of rotatable bonds is 6. The normalized spacial score (nSPS) is 13.9. The molecule has 0 saturated carbocycles. The summed E-state index contributed by atoms with van der Waals surface area (Å²) in [7, 11) is 1.94. The fourth-order valence-corrected chi connectivity index (χ4v) is 2.44. The molecule has 4 nitrogen and oxygen atoms in total. The van der Waals surface area contributed by atoms with Gasteiger partial charge < -0.3 is 5.11 Å². The topological polar surface area (TPSA) is 53.4 Å². The predicted molar refractivity (Wildman–Crippen MR) is 82.0 cm³/mol. The summed E-state index contributed by atoms with van der Waals surface area (Å²) in [5.74, 6) is -1.21. The second kappa shape index (κ2) is 6.99. The highest BCUT2D eigenvalue weighted by Crippen LogP contribution is 2.26. The van der Waals surface area contributed by atoms with E-state index in [4.69, 9.17) is 5.11 Å². The molecular weight excluding hydrogens is 264 g/mol. The largest absolute Gasteiger partial charge is 0.481 e. The molecule has 2 rings (SSSR count). The molecule has 2 unspecified atom stereocenters. The maximum atomic E-state index is 11.1. The summed E-state index contributed by atoms with van der Waals surface area (Å²) in [6.07, 6.45) is 1.76. The second-order valence-corrected chi connectivity index (χ2v) is 5.25. The number of carboxylic acids is 1. The summed E-state index contributed by atoms with van der Waals surface area (Å²) < 4.78 is 0. The van der Waals surface area contributed by atoms with Crippen molar-refractivity contribution in [3.05, 3.63) is 66.0 Å². The fraction of sp³-hybridized carbons (Fsp3) is 0.294. The number of aromatic nitrogens is 1. The first kappa shape index (κ1) is 15.2. The van der Waals surface area contributed by atoms with Crippen molar-refractivity contribution in [2.45, 2.75) is 13.0 Å². The number of carboxylic acid groups (broad SMARTS) is 1. The summed E-state index contributed by atoms with van der Waals surface area (Å²) in [4.78, 5) is 17.6. The summed E-state index contributed by atoms with van der Waals surface area (Å²) in [6, 6.07) is 15.8. The van der Waals surface area contributed by atoms with Gasteiger partial charge in [0.05, 0.1) is 17.7 Å². The first-order chi connectivity index (χ1) is 10.1. The molecule has 21 heavy (non-hydrogen) atoms. The number of aliphatic carboxylic acids is 1. The van der Waals surface area contributed by atoms with Crippen LogP contribution in [-0.4, -0.2) is 34.6 Å². The Bertz CT molecular complexity index is 532. The van der Waals surface area contributed by atoms with E-state index in [1.54, 1.807) is 13.1 Å². The van der Waals surface area contributed by atoms with Crippen LogP contribution in [0.25, 0.3) is 0 Å². The van der Waals surface area contributed by atoms with E-state index in [9.17, 15) is 4.79 Å². The molecule has 2 aromatic rings. The lowest BCUT2D eigenvalue weighted by Crippen LogP contribution is -2.33. The van der Waals surface area contributed by atoms with E-state index in [0.717, 1.165) is 11.3 Å². The minimum Gasteiger partial charge on any atom is -0.481 e. The number of nitrogens with zero attached hydrogens (tertiary/aromatic N) is 2. The average molecular weight is 284 g/mol. The highest BCUT2D eigenvalue weighted by molar-refractivity contribution is 5.69. The number of carbonyl (C=O) groups is 1. The highest BCUT2D eigenvalue weighted by Gasteiger charge is 2.23. The molecular formula is C17H20N2O2. The van der Waals surface area contributed by atoms with Gasteiger partial charge in [0, 0.05) is 12.7 Å². The maximum absolute atomic E-state index is 11.1. The standard InChI is InChI=1S/C17H20N2O2/c1-13(17(20)21)12-19(2)16(14-8-4-3-5-9-14)15-10-6-7-11-18-15/h3-11,13,16H,12H2,1-2H3,(H,20,21). The third-order valence-corrected chi connectivity index (χ3v) is 3.51. The van der Waals surface area contributed by atoms with Crippen molar-refractivity contribution in [3.8, 4) is 0 Å². The van der Waals surface area contributed by atoms with E-state index in [1.165, 1.54) is 0 Å². The Morgan fingerprint density at radius 3 is 2.43 bits per heavy atom. The van der Waals surface area contributed by atoms with Crippen LogP contribution in [0.5, 0.6) is 0 Å². The van der Waals surface area contributed by atoms with Crippen molar-refractivity contribution >= 4 is 5.97 Å². The highest BCUT2D eigenvalue weighted by atomic mass is 16.4. The molecule has 0 aliphatic rings. The fourth-order valence-electron chi connectivity index (χ4n) is 2.44. The van der Waals surface area contributed by atoms with Crippen LogP contribution in [0.3, 0.4) is 0 Å². The molecule has 0 aliphatic carbocycles. The van der Waals surface area contributed by atoms with Crippen molar-refractivity contribution in [2.24, 2.45) is 5.92 Å². The molecule has 1 N–H and O–H groups in total. The molecule has 0 radical (unpaired) electrons. The monoisotopic (exact) mass is 284 g/mol. The van der Waals surface area contributed by atoms with Crippen LogP contribution in [0.2, 0.25) is 0 Å². The molecule has 0 spiro atoms. The molecule has 2 atom stereocenters. The minimum absolute atomic E-state index is 0.0470. The molecule has 1 aromatic carbocycles. The number of pyridine rings is 1. The number of hydrogen-bond acceptors (Lipinski definition) is 3. The molecule has 0 fully saturated rings. The third-order valence-electron chi connectivity index (χ3n) is 3.51. The quantitative estimate of drug-likeness (QED) is 0.886. The van der Waals surface area contributed by atoms with Crippen LogP contribution in [0.15, 0.2) is 54.7 Å². The van der Waals surface area contributed by atoms with E-state index in [-0.39, 0.29) is 6.04 Å². The summed E-state index contributed by atoms with van der Waals surface area (Å²) in [5.41, 5.74) is 2.03. The van der Waals surface area contributed by atoms with Gasteiger partial charge in [0.25, 0.3) is 0 Å². The van der Waals surface area contributed by atoms with E-state index in [2.05, 4.69) is 4.98 Å². The predicted octanol–water partition coefficient (Wildman–Crippen LogP) is 2.82. The summed E-state index contributed by atoms with van der Waals surface area (Å²) >= 11 is 0. The SMILES string of the molecule is CC(CN(C)C(c1ccccc1)c1ccccn1)C(=O)O. The first-order valence-electron chi connectivity index (χ1n) is 6.98. The van der Waals surface area contributed by atoms with Crippen LogP contribution in [0.4, 0.5) is 0 Å². The Balaban J connectivity index is 2.31. The molecule has 1 aromatic heterocycles. The van der Waals surface area contributed by atoms with Gasteiger partial charge in [0.15, 0.2) is 0 Å². The van der Waals surface area contributed by atoms with E-state index < -0.39 is 11.9 Å². The first-order valence-corrected chi connectivity index (χ1v) is 6.98. The molecule has 1 heterocycles. The van der Waals surface area contributed by atoms with Gasteiger partial charge in [-0.2, -0.15) is 0 Å². The zero-order valence-electron chi connectivity index (χ0n) is 12.3. The number of hydrogen-bond donors (Lipinski definition) is 1. The Morgan fingerprint density at radius 2 is 1.86 bits per heavy atom. The van der Waals surface area contributed by atoms with E-state index >= 15 is 0 Å². The molecule has 0 aliphatic heterocycles. The van der Waals surface area contributed by atoms with Crippen molar-refractivity contribution in [1.82, 2.24) is 9.88 Å². The summed E-state index contributed by atoms with van der Waals surface area (Å²) in [6.45, 7) is 2.19. The second-order valence-electron chi connectivity index (χ2n) is 5.25. The van der Waals surface area contributed by atoms with Gasteiger partial charge in [0.2, 0.25) is 0 Å². The summed E-state index contributed by atoms with van der Waals surface area (Å²) in [5, 5.41) is 9.11.